The topological polar surface area (TPSA) is 158 Å². The third-order valence-electron chi connectivity index (χ3n) is 8.05. The number of carbonyl (C=O) groups is 3. The molecule has 1 fully saturated rings. The molecule has 1 aromatic heterocycles. The van der Waals surface area contributed by atoms with Gasteiger partial charge in [-0.15, -0.1) is 0 Å². The first-order chi connectivity index (χ1) is 20.2. The smallest absolute Gasteiger partial charge is 0.412 e. The highest BCUT2D eigenvalue weighted by Crippen LogP contribution is 2.44. The number of nitrogens with zero attached hydrogens (tertiary/aromatic N) is 2. The van der Waals surface area contributed by atoms with Crippen molar-refractivity contribution in [3.8, 4) is 11.3 Å². The van der Waals surface area contributed by atoms with Crippen LogP contribution >= 0.6 is 11.6 Å². The number of fused-ring (bicyclic) bond motifs is 6. The summed E-state index contributed by atoms with van der Waals surface area (Å²) >= 11 is 6.28. The third kappa shape index (κ3) is 5.35. The summed E-state index contributed by atoms with van der Waals surface area (Å²) in [6.45, 7) is 0.613. The Balaban J connectivity index is 1.29. The number of aromatic amines is 1. The maximum absolute atomic E-state index is 14.1. The number of methoxy groups -OCH3 is 1. The van der Waals surface area contributed by atoms with E-state index in [-0.39, 0.29) is 12.5 Å². The molecule has 3 amide bonds. The van der Waals surface area contributed by atoms with Crippen molar-refractivity contribution in [2.45, 2.75) is 49.9 Å². The Morgan fingerprint density at radius 2 is 2.02 bits per heavy atom. The zero-order chi connectivity index (χ0) is 29.4. The molecule has 1 saturated heterocycles. The molecule has 12 nitrogen and oxygen atoms in total. The lowest BCUT2D eigenvalue weighted by molar-refractivity contribution is -0.133. The largest absolute Gasteiger partial charge is 0.453 e. The van der Waals surface area contributed by atoms with E-state index < -0.39 is 29.9 Å². The van der Waals surface area contributed by atoms with Gasteiger partial charge in [-0.1, -0.05) is 18.0 Å². The van der Waals surface area contributed by atoms with Crippen molar-refractivity contribution in [3.05, 3.63) is 59.0 Å². The number of H-pyrrole nitrogens is 1. The van der Waals surface area contributed by atoms with Gasteiger partial charge in [0.2, 0.25) is 5.91 Å². The number of benzene rings is 2. The first-order valence-corrected chi connectivity index (χ1v) is 14.2. The predicted molar refractivity (Wildman–Crippen MR) is 155 cm³/mol. The normalized spacial score (nSPS) is 23.3. The molecule has 6 rings (SSSR count). The molecular weight excluding hydrogens is 564 g/mol. The monoisotopic (exact) mass is 594 g/mol. The first kappa shape index (κ1) is 27.9. The number of imidazole rings is 1. The van der Waals surface area contributed by atoms with Gasteiger partial charge in [0.05, 0.1) is 37.2 Å². The van der Waals surface area contributed by atoms with Crippen molar-refractivity contribution in [2.75, 3.05) is 36.1 Å². The maximum Gasteiger partial charge on any atom is 0.412 e. The van der Waals surface area contributed by atoms with Gasteiger partial charge in [-0.25, -0.2) is 14.6 Å². The number of aliphatic hydroxyl groups excluding tert-OH is 1. The highest BCUT2D eigenvalue weighted by atomic mass is 35.5. The number of carbonyl (C=O) groups excluding carboxylic acids is 3. The van der Waals surface area contributed by atoms with Crippen LogP contribution in [-0.2, 0) is 19.9 Å². The molecule has 3 atom stereocenters. The zero-order valence-electron chi connectivity index (χ0n) is 22.9. The van der Waals surface area contributed by atoms with Crippen LogP contribution in [-0.4, -0.2) is 64.5 Å². The van der Waals surface area contributed by atoms with Crippen LogP contribution in [0.15, 0.2) is 42.6 Å². The number of amides is 3. The number of ether oxygens (including phenoxy) is 2. The zero-order valence-corrected chi connectivity index (χ0v) is 23.7. The van der Waals surface area contributed by atoms with E-state index in [1.165, 1.54) is 7.11 Å². The van der Waals surface area contributed by atoms with Gasteiger partial charge in [0.1, 0.15) is 12.1 Å². The second-order valence-electron chi connectivity index (χ2n) is 10.8. The molecule has 2 bridgehead atoms. The molecule has 4 heterocycles. The van der Waals surface area contributed by atoms with E-state index >= 15 is 0 Å². The summed E-state index contributed by atoms with van der Waals surface area (Å²) in [5, 5.41) is 19.7. The molecule has 5 N–H and O–H groups in total. The lowest BCUT2D eigenvalue weighted by atomic mass is 9.90. The second kappa shape index (κ2) is 11.2. The highest BCUT2D eigenvalue weighted by molar-refractivity contribution is 6.30. The fourth-order valence-electron chi connectivity index (χ4n) is 5.97. The first-order valence-electron chi connectivity index (χ1n) is 13.8. The van der Waals surface area contributed by atoms with E-state index in [9.17, 15) is 19.5 Å². The Labute approximate surface area is 246 Å². The molecule has 0 aliphatic carbocycles. The van der Waals surface area contributed by atoms with Crippen LogP contribution in [0.25, 0.3) is 11.3 Å². The molecular formula is C29H31ClN6O6. The number of aliphatic hydroxyl groups is 1. The van der Waals surface area contributed by atoms with E-state index in [1.54, 1.807) is 47.5 Å². The summed E-state index contributed by atoms with van der Waals surface area (Å²) in [6, 6.07) is 10.4. The molecule has 3 aliphatic rings. The standard InChI is InChI=1S/C29H31ClN6O6/c1-41-27(39)32-17-7-8-18-22(13-17)33-24(37)5-3-2-4-19(25-31-14-23(18)34-25)26(38)36-11-10-29(15-36)20-12-16(30)6-9-21(20)35-28(40)42-29/h6-9,12-14,19,24,33,37H,2-5,10-11,15H2,1H3,(H,31,34)(H,32,39)(H,35,40)/t19?,24?,29-/m0/s1. The molecule has 3 aromatic rings. The Morgan fingerprint density at radius 3 is 2.86 bits per heavy atom. The second-order valence-corrected chi connectivity index (χ2v) is 11.2. The summed E-state index contributed by atoms with van der Waals surface area (Å²) in [4.78, 5) is 47.9. The summed E-state index contributed by atoms with van der Waals surface area (Å²) in [6.07, 6.45) is 2.43. The van der Waals surface area contributed by atoms with Gasteiger partial charge in [0, 0.05) is 40.5 Å². The average Bonchev–Trinajstić information content (AvgIpc) is 3.61. The van der Waals surface area contributed by atoms with Crippen LogP contribution in [0.2, 0.25) is 5.02 Å². The summed E-state index contributed by atoms with van der Waals surface area (Å²) in [5.41, 5.74) is 2.83. The molecule has 0 radical (unpaired) electrons. The molecule has 2 unspecified atom stereocenters. The number of hydrogen-bond donors (Lipinski definition) is 5. The Morgan fingerprint density at radius 1 is 1.19 bits per heavy atom. The van der Waals surface area contributed by atoms with E-state index in [4.69, 9.17) is 16.3 Å². The van der Waals surface area contributed by atoms with Gasteiger partial charge in [-0.05, 0) is 55.7 Å². The molecule has 0 saturated carbocycles. The Bertz CT molecular complexity index is 1540. The van der Waals surface area contributed by atoms with Gasteiger partial charge in [0.25, 0.3) is 0 Å². The van der Waals surface area contributed by atoms with Crippen LogP contribution in [0.3, 0.4) is 0 Å². The molecule has 3 aliphatic heterocycles. The van der Waals surface area contributed by atoms with Crippen molar-refractivity contribution >= 4 is 46.8 Å². The predicted octanol–water partition coefficient (Wildman–Crippen LogP) is 4.99. The average molecular weight is 595 g/mol. The van der Waals surface area contributed by atoms with Crippen LogP contribution in [0.1, 0.15) is 49.4 Å². The van der Waals surface area contributed by atoms with Crippen molar-refractivity contribution in [3.63, 3.8) is 0 Å². The lowest BCUT2D eigenvalue weighted by Gasteiger charge is -2.35. The fraction of sp³-hybridized carbons (Fsp3) is 0.379. The molecule has 13 heteroatoms. The molecule has 42 heavy (non-hydrogen) atoms. The van der Waals surface area contributed by atoms with Gasteiger partial charge in [0.15, 0.2) is 5.60 Å². The minimum atomic E-state index is -0.984. The number of nitrogens with one attached hydrogen (secondary N) is 4. The Hall–Kier alpha value is -4.29. The third-order valence-corrected chi connectivity index (χ3v) is 8.28. The van der Waals surface area contributed by atoms with Crippen molar-refractivity contribution in [1.29, 1.82) is 0 Å². The maximum atomic E-state index is 14.1. The van der Waals surface area contributed by atoms with E-state index in [0.717, 1.165) is 5.56 Å². The van der Waals surface area contributed by atoms with E-state index in [1.807, 2.05) is 0 Å². The van der Waals surface area contributed by atoms with E-state index in [2.05, 4.69) is 30.7 Å². The summed E-state index contributed by atoms with van der Waals surface area (Å²) in [5.74, 6) is -0.136. The molecule has 220 valence electrons. The number of rotatable bonds is 2. The van der Waals surface area contributed by atoms with Gasteiger partial charge in [-0.3, -0.25) is 15.4 Å². The number of anilines is 3. The highest BCUT2D eigenvalue weighted by Gasteiger charge is 2.49. The molecule has 1 spiro atoms. The number of halogens is 1. The SMILES string of the molecule is COC(=O)Nc1ccc2c(c1)NC(O)CCCCC(C(=O)N1CC[C@@]3(C1)OC(=O)Nc1ccc(Cl)cc13)c1ncc-2[nH]1. The van der Waals surface area contributed by atoms with Gasteiger partial charge in [-0.2, -0.15) is 0 Å². The lowest BCUT2D eigenvalue weighted by Crippen LogP contribution is -2.43. The Kier molecular flexibility index (Phi) is 7.42. The quantitative estimate of drug-likeness (QED) is 0.278. The van der Waals surface area contributed by atoms with E-state index in [0.29, 0.717) is 77.8 Å². The van der Waals surface area contributed by atoms with Crippen LogP contribution in [0, 0.1) is 0 Å². The van der Waals surface area contributed by atoms with Crippen molar-refractivity contribution in [2.24, 2.45) is 0 Å². The summed E-state index contributed by atoms with van der Waals surface area (Å²) in [7, 11) is 1.28. The number of hydrogen-bond acceptors (Lipinski definition) is 8. The van der Waals surface area contributed by atoms with Crippen molar-refractivity contribution < 1.29 is 29.0 Å². The number of aromatic nitrogens is 2. The van der Waals surface area contributed by atoms with Crippen LogP contribution in [0.4, 0.5) is 26.7 Å². The fourth-order valence-corrected chi connectivity index (χ4v) is 6.15. The minimum Gasteiger partial charge on any atom is -0.453 e. The van der Waals surface area contributed by atoms with Crippen LogP contribution in [0.5, 0.6) is 0 Å². The minimum absolute atomic E-state index is 0.112. The van der Waals surface area contributed by atoms with Crippen LogP contribution < -0.4 is 16.0 Å². The van der Waals surface area contributed by atoms with Gasteiger partial charge < -0.3 is 29.8 Å². The van der Waals surface area contributed by atoms with Crippen molar-refractivity contribution in [1.82, 2.24) is 14.9 Å². The van der Waals surface area contributed by atoms with Gasteiger partial charge >= 0.3 is 12.2 Å². The number of likely N-dealkylation sites (tertiary alicyclic amines) is 1. The molecule has 2 aromatic carbocycles. The summed E-state index contributed by atoms with van der Waals surface area (Å²) < 4.78 is 10.5.